The lowest BCUT2D eigenvalue weighted by Gasteiger charge is -2.36. The highest BCUT2D eigenvalue weighted by Gasteiger charge is 2.32. The molecule has 3 nitrogen and oxygen atoms in total. The minimum atomic E-state index is -4.45. The topological polar surface area (TPSA) is 19.4 Å². The molecule has 0 unspecified atom stereocenters. The average Bonchev–Trinajstić information content (AvgIpc) is 2.73. The van der Waals surface area contributed by atoms with Crippen molar-refractivity contribution in [3.8, 4) is 0 Å². The zero-order valence-electron chi connectivity index (χ0n) is 16.1. The van der Waals surface area contributed by atoms with Crippen molar-refractivity contribution in [2.75, 3.05) is 37.6 Å². The van der Waals surface area contributed by atoms with E-state index in [0.29, 0.717) is 17.5 Å². The second-order valence-electron chi connectivity index (χ2n) is 7.35. The van der Waals surface area contributed by atoms with Crippen LogP contribution in [0, 0.1) is 5.82 Å². The van der Waals surface area contributed by atoms with Crippen molar-refractivity contribution >= 4 is 32.5 Å². The van der Waals surface area contributed by atoms with Gasteiger partial charge in [0.25, 0.3) is 0 Å². The van der Waals surface area contributed by atoms with Crippen molar-refractivity contribution in [3.63, 3.8) is 0 Å². The van der Waals surface area contributed by atoms with Gasteiger partial charge in [0, 0.05) is 48.3 Å². The lowest BCUT2D eigenvalue weighted by Crippen LogP contribution is -2.47. The first kappa shape index (κ1) is 21.1. The Bertz CT molecular complexity index is 1050. The molecule has 0 spiro atoms. The van der Waals surface area contributed by atoms with Crippen LogP contribution >= 0.6 is 15.9 Å². The van der Waals surface area contributed by atoms with Crippen molar-refractivity contribution in [1.29, 1.82) is 0 Å². The molecule has 2 heterocycles. The quantitative estimate of drug-likeness (QED) is 0.457. The van der Waals surface area contributed by atoms with E-state index in [1.54, 1.807) is 18.2 Å². The third-order valence-electron chi connectivity index (χ3n) is 5.42. The Kier molecular flexibility index (Phi) is 5.97. The number of aromatic nitrogens is 1. The zero-order chi connectivity index (χ0) is 21.3. The summed E-state index contributed by atoms with van der Waals surface area (Å²) < 4.78 is 53.7. The SMILES string of the molecule is Fc1ccc(Br)cc1CCN1CCN(c2cccc3nc(C(F)(F)F)ccc23)CC1. The molecule has 0 atom stereocenters. The number of hydrogen-bond acceptors (Lipinski definition) is 3. The minimum Gasteiger partial charge on any atom is -0.368 e. The lowest BCUT2D eigenvalue weighted by atomic mass is 10.1. The Morgan fingerprint density at radius 1 is 0.967 bits per heavy atom. The first-order valence-corrected chi connectivity index (χ1v) is 10.5. The fourth-order valence-electron chi connectivity index (χ4n) is 3.80. The monoisotopic (exact) mass is 481 g/mol. The summed E-state index contributed by atoms with van der Waals surface area (Å²) in [7, 11) is 0. The average molecular weight is 482 g/mol. The molecule has 1 aliphatic heterocycles. The molecule has 0 bridgehead atoms. The van der Waals surface area contributed by atoms with E-state index < -0.39 is 11.9 Å². The van der Waals surface area contributed by atoms with Crippen LogP contribution in [0.3, 0.4) is 0 Å². The molecule has 1 saturated heterocycles. The van der Waals surface area contributed by atoms with E-state index in [1.807, 2.05) is 12.1 Å². The summed E-state index contributed by atoms with van der Waals surface area (Å²) in [6.45, 7) is 3.87. The van der Waals surface area contributed by atoms with E-state index in [0.717, 1.165) is 54.3 Å². The Morgan fingerprint density at radius 2 is 1.73 bits per heavy atom. The first-order valence-electron chi connectivity index (χ1n) is 9.69. The fourth-order valence-corrected chi connectivity index (χ4v) is 4.21. The molecule has 8 heteroatoms. The number of piperazine rings is 1. The maximum Gasteiger partial charge on any atom is 0.433 e. The van der Waals surface area contributed by atoms with Gasteiger partial charge < -0.3 is 4.90 Å². The van der Waals surface area contributed by atoms with Crippen molar-refractivity contribution < 1.29 is 17.6 Å². The highest BCUT2D eigenvalue weighted by Crippen LogP contribution is 2.32. The maximum absolute atomic E-state index is 13.9. The van der Waals surface area contributed by atoms with Crippen LogP contribution in [0.5, 0.6) is 0 Å². The van der Waals surface area contributed by atoms with E-state index in [2.05, 4.69) is 30.7 Å². The second-order valence-corrected chi connectivity index (χ2v) is 8.27. The Hall–Kier alpha value is -2.19. The number of rotatable bonds is 4. The van der Waals surface area contributed by atoms with Crippen LogP contribution in [-0.4, -0.2) is 42.6 Å². The van der Waals surface area contributed by atoms with E-state index in [1.165, 1.54) is 12.1 Å². The van der Waals surface area contributed by atoms with Crippen molar-refractivity contribution in [2.24, 2.45) is 0 Å². The van der Waals surface area contributed by atoms with Crippen molar-refractivity contribution in [3.05, 3.63) is 70.1 Å². The number of alkyl halides is 3. The third-order valence-corrected chi connectivity index (χ3v) is 5.91. The summed E-state index contributed by atoms with van der Waals surface area (Å²) in [6, 6.07) is 12.8. The molecule has 0 N–H and O–H groups in total. The van der Waals surface area contributed by atoms with Crippen LogP contribution in [0.2, 0.25) is 0 Å². The predicted octanol–water partition coefficient (Wildman–Crippen LogP) is 5.52. The van der Waals surface area contributed by atoms with Crippen LogP contribution in [0.15, 0.2) is 53.0 Å². The van der Waals surface area contributed by atoms with Gasteiger partial charge in [0.2, 0.25) is 0 Å². The standard InChI is InChI=1S/C22H20BrF4N3/c23-16-4-6-18(24)15(14-16)8-9-29-10-12-30(13-11-29)20-3-1-2-19-17(20)5-7-21(28-19)22(25,26)27/h1-7,14H,8-13H2. The van der Waals surface area contributed by atoms with Gasteiger partial charge in [0.05, 0.1) is 5.52 Å². The van der Waals surface area contributed by atoms with Gasteiger partial charge in [-0.1, -0.05) is 22.0 Å². The molecule has 1 fully saturated rings. The van der Waals surface area contributed by atoms with Gasteiger partial charge in [-0.3, -0.25) is 4.90 Å². The summed E-state index contributed by atoms with van der Waals surface area (Å²) in [5.41, 5.74) is 1.05. The van der Waals surface area contributed by atoms with Crippen LogP contribution < -0.4 is 4.90 Å². The van der Waals surface area contributed by atoms with Gasteiger partial charge in [-0.2, -0.15) is 13.2 Å². The number of benzene rings is 2. The second kappa shape index (κ2) is 8.51. The normalized spacial score (nSPS) is 15.7. The summed E-state index contributed by atoms with van der Waals surface area (Å²) in [5.74, 6) is -0.196. The maximum atomic E-state index is 13.9. The van der Waals surface area contributed by atoms with E-state index >= 15 is 0 Å². The fraction of sp³-hybridized carbons (Fsp3) is 0.318. The van der Waals surface area contributed by atoms with Crippen LogP contribution in [0.4, 0.5) is 23.2 Å². The molecule has 30 heavy (non-hydrogen) atoms. The number of anilines is 1. The molecular weight excluding hydrogens is 462 g/mol. The number of fused-ring (bicyclic) bond motifs is 1. The van der Waals surface area contributed by atoms with E-state index in [9.17, 15) is 17.6 Å². The van der Waals surface area contributed by atoms with Crippen molar-refractivity contribution in [1.82, 2.24) is 9.88 Å². The van der Waals surface area contributed by atoms with Crippen LogP contribution in [0.25, 0.3) is 10.9 Å². The highest BCUT2D eigenvalue weighted by atomic mass is 79.9. The summed E-state index contributed by atoms with van der Waals surface area (Å²) >= 11 is 3.38. The van der Waals surface area contributed by atoms with Gasteiger partial charge in [-0.05, 0) is 54.4 Å². The molecule has 1 aliphatic rings. The molecule has 0 radical (unpaired) electrons. The van der Waals surface area contributed by atoms with Gasteiger partial charge in [0.15, 0.2) is 0 Å². The first-order chi connectivity index (χ1) is 14.3. The van der Waals surface area contributed by atoms with Gasteiger partial charge in [-0.25, -0.2) is 9.37 Å². The van der Waals surface area contributed by atoms with Gasteiger partial charge in [-0.15, -0.1) is 0 Å². The largest absolute Gasteiger partial charge is 0.433 e. The lowest BCUT2D eigenvalue weighted by molar-refractivity contribution is -0.140. The molecule has 2 aromatic carbocycles. The Labute approximate surface area is 180 Å². The van der Waals surface area contributed by atoms with Crippen LogP contribution in [0.1, 0.15) is 11.3 Å². The molecule has 158 valence electrons. The molecule has 3 aromatic rings. The number of nitrogens with zero attached hydrogens (tertiary/aromatic N) is 3. The highest BCUT2D eigenvalue weighted by molar-refractivity contribution is 9.10. The Balaban J connectivity index is 1.42. The third kappa shape index (κ3) is 4.59. The molecule has 1 aromatic heterocycles. The predicted molar refractivity (Wildman–Crippen MR) is 113 cm³/mol. The number of pyridine rings is 1. The van der Waals surface area contributed by atoms with Gasteiger partial charge in [0.1, 0.15) is 11.5 Å². The molecule has 0 amide bonds. The zero-order valence-corrected chi connectivity index (χ0v) is 17.7. The summed E-state index contributed by atoms with van der Waals surface area (Å²) in [6.07, 6.45) is -3.83. The molecular formula is C22H20BrF4N3. The number of halogens is 5. The summed E-state index contributed by atoms with van der Waals surface area (Å²) in [4.78, 5) is 8.25. The van der Waals surface area contributed by atoms with E-state index in [4.69, 9.17) is 0 Å². The summed E-state index contributed by atoms with van der Waals surface area (Å²) in [5, 5.41) is 0.718. The molecule has 0 saturated carbocycles. The molecule has 4 rings (SSSR count). The molecule has 0 aliphatic carbocycles. The smallest absolute Gasteiger partial charge is 0.368 e. The van der Waals surface area contributed by atoms with Crippen LogP contribution in [-0.2, 0) is 12.6 Å². The number of hydrogen-bond donors (Lipinski definition) is 0. The van der Waals surface area contributed by atoms with Gasteiger partial charge >= 0.3 is 6.18 Å². The van der Waals surface area contributed by atoms with E-state index in [-0.39, 0.29) is 5.82 Å². The minimum absolute atomic E-state index is 0.196. The van der Waals surface area contributed by atoms with Crippen molar-refractivity contribution in [2.45, 2.75) is 12.6 Å². The Morgan fingerprint density at radius 3 is 2.47 bits per heavy atom.